The third kappa shape index (κ3) is 2.79. The Morgan fingerprint density at radius 2 is 2.32 bits per heavy atom. The molecule has 1 aliphatic heterocycles. The highest BCUT2D eigenvalue weighted by molar-refractivity contribution is 5.24. The third-order valence-electron chi connectivity index (χ3n) is 4.20. The average Bonchev–Trinajstić information content (AvgIpc) is 2.89. The lowest BCUT2D eigenvalue weighted by Gasteiger charge is -2.18. The molecule has 0 aromatic carbocycles. The van der Waals surface area contributed by atoms with Crippen molar-refractivity contribution in [3.63, 3.8) is 0 Å². The van der Waals surface area contributed by atoms with Gasteiger partial charge in [-0.15, -0.1) is 0 Å². The fourth-order valence-corrected chi connectivity index (χ4v) is 3.12. The van der Waals surface area contributed by atoms with Gasteiger partial charge in [0.2, 0.25) is 0 Å². The first-order valence-electron chi connectivity index (χ1n) is 7.55. The number of aromatic nitrogens is 2. The Bertz CT molecular complexity index is 429. The molecule has 1 aliphatic carbocycles. The average molecular weight is 261 g/mol. The van der Waals surface area contributed by atoms with E-state index in [2.05, 4.69) is 23.4 Å². The lowest BCUT2D eigenvalue weighted by atomic mass is 10.0. The summed E-state index contributed by atoms with van der Waals surface area (Å²) in [6.07, 6.45) is 7.95. The molecule has 0 saturated carbocycles. The highest BCUT2D eigenvalue weighted by atomic mass is 16.5. The normalized spacial score (nSPS) is 27.0. The Hall–Kier alpha value is -1.00. The van der Waals surface area contributed by atoms with Crippen LogP contribution in [0.2, 0.25) is 0 Å². The van der Waals surface area contributed by atoms with Crippen LogP contribution in [0.15, 0.2) is 6.20 Å². The summed E-state index contributed by atoms with van der Waals surface area (Å²) in [7, 11) is 0. The number of aryl methyl sites for hydroxylation is 1. The number of rotatable bonds is 3. The van der Waals surface area contributed by atoms with Crippen molar-refractivity contribution in [3.05, 3.63) is 23.3 Å². The first kappa shape index (κ1) is 13.0. The van der Waals surface area contributed by atoms with Gasteiger partial charge < -0.3 is 10.1 Å². The summed E-state index contributed by atoms with van der Waals surface area (Å²) in [5.74, 6) is 1.40. The quantitative estimate of drug-likeness (QED) is 0.849. The summed E-state index contributed by atoms with van der Waals surface area (Å²) >= 11 is 0. The van der Waals surface area contributed by atoms with Gasteiger partial charge in [0.25, 0.3) is 0 Å². The molecule has 0 bridgehead atoms. The van der Waals surface area contributed by atoms with Crippen molar-refractivity contribution in [2.75, 3.05) is 19.8 Å². The van der Waals surface area contributed by atoms with Gasteiger partial charge >= 0.3 is 0 Å². The van der Waals surface area contributed by atoms with Crippen molar-refractivity contribution in [2.24, 2.45) is 0 Å². The van der Waals surface area contributed by atoms with Crippen LogP contribution in [-0.4, -0.2) is 29.7 Å². The van der Waals surface area contributed by atoms with Crippen molar-refractivity contribution >= 4 is 0 Å². The molecule has 3 rings (SSSR count). The second-order valence-corrected chi connectivity index (χ2v) is 5.55. The molecule has 1 aromatic rings. The van der Waals surface area contributed by atoms with Crippen LogP contribution in [0.3, 0.4) is 0 Å². The van der Waals surface area contributed by atoms with Crippen LogP contribution in [0.5, 0.6) is 0 Å². The van der Waals surface area contributed by atoms with Gasteiger partial charge in [0.05, 0.1) is 6.61 Å². The zero-order valence-corrected chi connectivity index (χ0v) is 11.7. The van der Waals surface area contributed by atoms with Crippen molar-refractivity contribution in [1.29, 1.82) is 0 Å². The van der Waals surface area contributed by atoms with E-state index in [4.69, 9.17) is 9.72 Å². The summed E-state index contributed by atoms with van der Waals surface area (Å²) in [6.45, 7) is 4.80. The number of hydrogen-bond acceptors (Lipinski definition) is 4. The van der Waals surface area contributed by atoms with E-state index in [1.54, 1.807) is 0 Å². The van der Waals surface area contributed by atoms with Crippen molar-refractivity contribution in [3.8, 4) is 0 Å². The lowest BCUT2D eigenvalue weighted by molar-refractivity contribution is 0.193. The largest absolute Gasteiger partial charge is 0.381 e. The van der Waals surface area contributed by atoms with E-state index in [1.165, 1.54) is 30.5 Å². The minimum atomic E-state index is 0.408. The minimum absolute atomic E-state index is 0.408. The fraction of sp³-hybridized carbons (Fsp3) is 0.733. The summed E-state index contributed by atoms with van der Waals surface area (Å²) in [5, 5.41) is 3.56. The summed E-state index contributed by atoms with van der Waals surface area (Å²) < 4.78 is 5.45. The van der Waals surface area contributed by atoms with E-state index >= 15 is 0 Å². The predicted molar refractivity (Wildman–Crippen MR) is 74.2 cm³/mol. The topological polar surface area (TPSA) is 47.0 Å². The van der Waals surface area contributed by atoms with Crippen molar-refractivity contribution in [2.45, 2.75) is 51.0 Å². The Morgan fingerprint density at radius 3 is 3.11 bits per heavy atom. The van der Waals surface area contributed by atoms with Crippen LogP contribution >= 0.6 is 0 Å². The van der Waals surface area contributed by atoms with Gasteiger partial charge in [-0.25, -0.2) is 9.97 Å². The number of nitrogens with zero attached hydrogens (tertiary/aromatic N) is 2. The van der Waals surface area contributed by atoms with Crippen LogP contribution in [0, 0.1) is 0 Å². The Balaban J connectivity index is 1.87. The van der Waals surface area contributed by atoms with Gasteiger partial charge in [0.15, 0.2) is 0 Å². The molecule has 4 nitrogen and oxygen atoms in total. The Kier molecular flexibility index (Phi) is 4.09. The number of hydrogen-bond donors (Lipinski definition) is 1. The van der Waals surface area contributed by atoms with Gasteiger partial charge in [-0.1, -0.05) is 13.3 Å². The Morgan fingerprint density at radius 1 is 1.37 bits per heavy atom. The molecule has 1 fully saturated rings. The molecule has 0 radical (unpaired) electrons. The second kappa shape index (κ2) is 5.97. The zero-order valence-electron chi connectivity index (χ0n) is 11.7. The molecule has 19 heavy (non-hydrogen) atoms. The summed E-state index contributed by atoms with van der Waals surface area (Å²) in [4.78, 5) is 9.47. The minimum Gasteiger partial charge on any atom is -0.381 e. The standard InChI is InChI=1S/C15H23N3O/c1-2-16-13-5-3-4-6-14-12(13)9-17-15(18-14)11-7-8-19-10-11/h9,11,13,16H,2-8,10H2,1H3. The maximum Gasteiger partial charge on any atom is 0.134 e. The molecule has 0 spiro atoms. The van der Waals surface area contributed by atoms with E-state index < -0.39 is 0 Å². The predicted octanol–water partition coefficient (Wildman–Crippen LogP) is 2.36. The fourth-order valence-electron chi connectivity index (χ4n) is 3.12. The Labute approximate surface area is 115 Å². The van der Waals surface area contributed by atoms with Crippen molar-refractivity contribution in [1.82, 2.24) is 15.3 Å². The highest BCUT2D eigenvalue weighted by Gasteiger charge is 2.24. The smallest absolute Gasteiger partial charge is 0.134 e. The molecule has 4 heteroatoms. The zero-order chi connectivity index (χ0) is 13.1. The van der Waals surface area contributed by atoms with Gasteiger partial charge in [-0.05, 0) is 32.2 Å². The molecule has 2 heterocycles. The third-order valence-corrected chi connectivity index (χ3v) is 4.20. The summed E-state index contributed by atoms with van der Waals surface area (Å²) in [5.41, 5.74) is 2.59. The van der Waals surface area contributed by atoms with Crippen LogP contribution < -0.4 is 5.32 Å². The van der Waals surface area contributed by atoms with Crippen molar-refractivity contribution < 1.29 is 4.74 Å². The van der Waals surface area contributed by atoms with E-state index in [0.29, 0.717) is 12.0 Å². The number of ether oxygens (including phenoxy) is 1. The van der Waals surface area contributed by atoms with E-state index in [9.17, 15) is 0 Å². The van der Waals surface area contributed by atoms with Gasteiger partial charge in [0.1, 0.15) is 5.82 Å². The number of nitrogens with one attached hydrogen (secondary N) is 1. The monoisotopic (exact) mass is 261 g/mol. The molecule has 1 N–H and O–H groups in total. The molecular weight excluding hydrogens is 238 g/mol. The van der Waals surface area contributed by atoms with Crippen LogP contribution in [0.1, 0.15) is 61.6 Å². The summed E-state index contributed by atoms with van der Waals surface area (Å²) in [6, 6.07) is 0.441. The molecular formula is C15H23N3O. The molecule has 2 unspecified atom stereocenters. The molecule has 104 valence electrons. The van der Waals surface area contributed by atoms with Crippen LogP contribution in [0.25, 0.3) is 0 Å². The first-order chi connectivity index (χ1) is 9.38. The van der Waals surface area contributed by atoms with Gasteiger partial charge in [0, 0.05) is 36.0 Å². The second-order valence-electron chi connectivity index (χ2n) is 5.55. The maximum atomic E-state index is 5.45. The molecule has 1 saturated heterocycles. The van der Waals surface area contributed by atoms with E-state index in [1.807, 2.05) is 0 Å². The SMILES string of the molecule is CCNC1CCCCc2nc(C3CCOC3)ncc21. The van der Waals surface area contributed by atoms with E-state index in [0.717, 1.165) is 38.4 Å². The van der Waals surface area contributed by atoms with Crippen LogP contribution in [0.4, 0.5) is 0 Å². The van der Waals surface area contributed by atoms with Crippen LogP contribution in [-0.2, 0) is 11.2 Å². The highest BCUT2D eigenvalue weighted by Crippen LogP contribution is 2.29. The van der Waals surface area contributed by atoms with Gasteiger partial charge in [-0.3, -0.25) is 0 Å². The van der Waals surface area contributed by atoms with E-state index in [-0.39, 0.29) is 0 Å². The molecule has 0 amide bonds. The molecule has 2 aliphatic rings. The number of fused-ring (bicyclic) bond motifs is 1. The van der Waals surface area contributed by atoms with Gasteiger partial charge in [-0.2, -0.15) is 0 Å². The molecule has 2 atom stereocenters. The lowest BCUT2D eigenvalue weighted by Crippen LogP contribution is -2.22. The first-order valence-corrected chi connectivity index (χ1v) is 7.55. The molecule has 1 aromatic heterocycles. The maximum absolute atomic E-state index is 5.45.